The molecule has 0 aliphatic carbocycles. The van der Waals surface area contributed by atoms with Crippen LogP contribution < -0.4 is 4.90 Å². The van der Waals surface area contributed by atoms with Gasteiger partial charge in [-0.05, 0) is 25.0 Å². The molecule has 2 atom stereocenters. The van der Waals surface area contributed by atoms with E-state index in [4.69, 9.17) is 0 Å². The van der Waals surface area contributed by atoms with Crippen LogP contribution in [-0.2, 0) is 0 Å². The molecule has 0 amide bonds. The monoisotopic (exact) mass is 204 g/mol. The van der Waals surface area contributed by atoms with E-state index >= 15 is 0 Å². The second-order valence-corrected chi connectivity index (χ2v) is 4.49. The lowest BCUT2D eigenvalue weighted by Gasteiger charge is -2.25. The molecule has 1 aromatic heterocycles. The van der Waals surface area contributed by atoms with Gasteiger partial charge in [0.2, 0.25) is 0 Å². The van der Waals surface area contributed by atoms with Gasteiger partial charge in [-0.15, -0.1) is 0 Å². The maximum Gasteiger partial charge on any atom is 0.132 e. The molecule has 2 rings (SSSR count). The lowest BCUT2D eigenvalue weighted by Crippen LogP contribution is -2.32. The van der Waals surface area contributed by atoms with E-state index in [1.54, 1.807) is 0 Å². The second-order valence-electron chi connectivity index (χ2n) is 4.49. The second kappa shape index (κ2) is 4.21. The van der Waals surface area contributed by atoms with Crippen molar-refractivity contribution in [1.82, 2.24) is 4.98 Å². The predicted octanol–water partition coefficient (Wildman–Crippen LogP) is 3.19. The Balaban J connectivity index is 2.25. The molecule has 1 aliphatic heterocycles. The fourth-order valence-corrected chi connectivity index (χ4v) is 2.37. The highest BCUT2D eigenvalue weighted by atomic mass is 15.2. The molecule has 2 heterocycles. The zero-order chi connectivity index (χ0) is 10.8. The molecule has 0 bridgehead atoms. The summed E-state index contributed by atoms with van der Waals surface area (Å²) in [4.78, 5) is 6.98. The fourth-order valence-electron chi connectivity index (χ4n) is 2.37. The van der Waals surface area contributed by atoms with Crippen LogP contribution in [0.3, 0.4) is 0 Å². The van der Waals surface area contributed by atoms with E-state index in [2.05, 4.69) is 36.7 Å². The molecule has 1 aliphatic rings. The Hall–Kier alpha value is -1.05. The summed E-state index contributed by atoms with van der Waals surface area (Å²) in [7, 11) is 0. The van der Waals surface area contributed by atoms with Crippen molar-refractivity contribution in [2.24, 2.45) is 0 Å². The highest BCUT2D eigenvalue weighted by Crippen LogP contribution is 2.38. The largest absolute Gasteiger partial charge is 0.353 e. The number of nitrogens with zero attached hydrogens (tertiary/aromatic N) is 2. The molecule has 1 aromatic rings. The number of rotatable bonds is 3. The van der Waals surface area contributed by atoms with Crippen LogP contribution in [0.2, 0.25) is 0 Å². The van der Waals surface area contributed by atoms with Crippen LogP contribution in [0.4, 0.5) is 5.82 Å². The SMILES string of the molecule is CCCCN1c2ncccc2C(C)C1C. The molecular weight excluding hydrogens is 184 g/mol. The molecule has 2 heteroatoms. The maximum absolute atomic E-state index is 4.52. The third-order valence-electron chi connectivity index (χ3n) is 3.55. The van der Waals surface area contributed by atoms with Crippen LogP contribution in [0.25, 0.3) is 0 Å². The molecule has 0 aromatic carbocycles. The standard InChI is InChI=1S/C13H20N2/c1-4-5-9-15-11(3)10(2)12-7-6-8-14-13(12)15/h6-8,10-11H,4-5,9H2,1-3H3. The van der Waals surface area contributed by atoms with Crippen molar-refractivity contribution in [2.75, 3.05) is 11.4 Å². The van der Waals surface area contributed by atoms with Crippen LogP contribution in [-0.4, -0.2) is 17.6 Å². The van der Waals surface area contributed by atoms with Gasteiger partial charge in [0.1, 0.15) is 5.82 Å². The van der Waals surface area contributed by atoms with Crippen LogP contribution >= 0.6 is 0 Å². The van der Waals surface area contributed by atoms with Gasteiger partial charge in [-0.2, -0.15) is 0 Å². The summed E-state index contributed by atoms with van der Waals surface area (Å²) < 4.78 is 0. The minimum absolute atomic E-state index is 0.599. The summed E-state index contributed by atoms with van der Waals surface area (Å²) in [6, 6.07) is 4.86. The Morgan fingerprint density at radius 1 is 1.40 bits per heavy atom. The maximum atomic E-state index is 4.52. The first-order valence-corrected chi connectivity index (χ1v) is 5.97. The van der Waals surface area contributed by atoms with Crippen LogP contribution in [0.1, 0.15) is 45.1 Å². The van der Waals surface area contributed by atoms with Crippen LogP contribution in [0.5, 0.6) is 0 Å². The van der Waals surface area contributed by atoms with E-state index in [0.717, 1.165) is 6.54 Å². The Labute approximate surface area is 92.3 Å². The average molecular weight is 204 g/mol. The van der Waals surface area contributed by atoms with Gasteiger partial charge < -0.3 is 4.90 Å². The van der Waals surface area contributed by atoms with Crippen molar-refractivity contribution in [2.45, 2.75) is 45.6 Å². The molecule has 2 nitrogen and oxygen atoms in total. The first-order valence-electron chi connectivity index (χ1n) is 5.97. The minimum atomic E-state index is 0.599. The highest BCUT2D eigenvalue weighted by Gasteiger charge is 2.32. The zero-order valence-corrected chi connectivity index (χ0v) is 9.90. The van der Waals surface area contributed by atoms with Gasteiger partial charge >= 0.3 is 0 Å². The average Bonchev–Trinajstić information content (AvgIpc) is 2.51. The molecule has 0 radical (unpaired) electrons. The van der Waals surface area contributed by atoms with Gasteiger partial charge in [-0.3, -0.25) is 0 Å². The van der Waals surface area contributed by atoms with E-state index in [1.165, 1.54) is 24.2 Å². The summed E-state index contributed by atoms with van der Waals surface area (Å²) in [6.45, 7) is 7.99. The molecule has 0 fully saturated rings. The zero-order valence-electron chi connectivity index (χ0n) is 9.90. The van der Waals surface area contributed by atoms with E-state index in [-0.39, 0.29) is 0 Å². The molecule has 0 N–H and O–H groups in total. The van der Waals surface area contributed by atoms with Crippen molar-refractivity contribution in [1.29, 1.82) is 0 Å². The summed E-state index contributed by atoms with van der Waals surface area (Å²) in [5.74, 6) is 1.83. The quantitative estimate of drug-likeness (QED) is 0.751. The van der Waals surface area contributed by atoms with Gasteiger partial charge in [0.15, 0.2) is 0 Å². The normalized spacial score (nSPS) is 24.3. The Morgan fingerprint density at radius 3 is 2.93 bits per heavy atom. The number of pyridine rings is 1. The van der Waals surface area contributed by atoms with E-state index in [1.807, 2.05) is 12.3 Å². The van der Waals surface area contributed by atoms with Crippen LogP contribution in [0.15, 0.2) is 18.3 Å². The number of fused-ring (bicyclic) bond motifs is 1. The minimum Gasteiger partial charge on any atom is -0.353 e. The van der Waals surface area contributed by atoms with Gasteiger partial charge in [0, 0.05) is 24.7 Å². The number of unbranched alkanes of at least 4 members (excludes halogenated alkanes) is 1. The smallest absolute Gasteiger partial charge is 0.132 e. The third-order valence-corrected chi connectivity index (χ3v) is 3.55. The number of hydrogen-bond donors (Lipinski definition) is 0. The molecule has 2 unspecified atom stereocenters. The van der Waals surface area contributed by atoms with Crippen molar-refractivity contribution < 1.29 is 0 Å². The van der Waals surface area contributed by atoms with Gasteiger partial charge in [0.05, 0.1) is 0 Å². The molecule has 15 heavy (non-hydrogen) atoms. The number of aromatic nitrogens is 1. The number of hydrogen-bond acceptors (Lipinski definition) is 2. The summed E-state index contributed by atoms with van der Waals surface area (Å²) >= 11 is 0. The molecule has 0 saturated heterocycles. The summed E-state index contributed by atoms with van der Waals surface area (Å²) in [5, 5.41) is 0. The Kier molecular flexibility index (Phi) is 2.94. The third kappa shape index (κ3) is 1.73. The van der Waals surface area contributed by atoms with Crippen molar-refractivity contribution in [3.8, 4) is 0 Å². The van der Waals surface area contributed by atoms with Crippen molar-refractivity contribution >= 4 is 5.82 Å². The number of anilines is 1. The highest BCUT2D eigenvalue weighted by molar-refractivity contribution is 5.55. The van der Waals surface area contributed by atoms with Gasteiger partial charge in [-0.25, -0.2) is 4.98 Å². The molecule has 0 spiro atoms. The Morgan fingerprint density at radius 2 is 2.20 bits per heavy atom. The Bertz CT molecular complexity index is 335. The van der Waals surface area contributed by atoms with E-state index < -0.39 is 0 Å². The first kappa shape index (κ1) is 10.5. The van der Waals surface area contributed by atoms with Crippen molar-refractivity contribution in [3.05, 3.63) is 23.9 Å². The summed E-state index contributed by atoms with van der Waals surface area (Å²) in [5.41, 5.74) is 1.42. The van der Waals surface area contributed by atoms with Gasteiger partial charge in [0.25, 0.3) is 0 Å². The molecule has 0 saturated carbocycles. The van der Waals surface area contributed by atoms with Crippen LogP contribution in [0, 0.1) is 0 Å². The first-order chi connectivity index (χ1) is 7.25. The lowest BCUT2D eigenvalue weighted by atomic mass is 10.00. The van der Waals surface area contributed by atoms with E-state index in [0.29, 0.717) is 12.0 Å². The van der Waals surface area contributed by atoms with Crippen molar-refractivity contribution in [3.63, 3.8) is 0 Å². The fraction of sp³-hybridized carbons (Fsp3) is 0.615. The topological polar surface area (TPSA) is 16.1 Å². The predicted molar refractivity (Wildman–Crippen MR) is 64.4 cm³/mol. The summed E-state index contributed by atoms with van der Waals surface area (Å²) in [6.07, 6.45) is 4.41. The van der Waals surface area contributed by atoms with E-state index in [9.17, 15) is 0 Å². The lowest BCUT2D eigenvalue weighted by molar-refractivity contribution is 0.577. The molecule has 82 valence electrons. The van der Waals surface area contributed by atoms with Gasteiger partial charge in [-0.1, -0.05) is 26.3 Å². The molecular formula is C13H20N2.